The van der Waals surface area contributed by atoms with Gasteiger partial charge < -0.3 is 15.2 Å². The van der Waals surface area contributed by atoms with Gasteiger partial charge in [0, 0.05) is 12.2 Å². The van der Waals surface area contributed by atoms with Gasteiger partial charge >= 0.3 is 5.97 Å². The second-order valence-corrected chi connectivity index (χ2v) is 9.49. The molecule has 0 unspecified atom stereocenters. The summed E-state index contributed by atoms with van der Waals surface area (Å²) in [6, 6.07) is 17.9. The van der Waals surface area contributed by atoms with Crippen molar-refractivity contribution in [2.75, 3.05) is 5.32 Å². The standard InChI is InChI=1S/C27H26Cl2N4O3.CH4/c1-16(2)25-24(33(32-31-25)26-22(28)8-5-9-23(26)29)15-36-21-11-10-19(17(3)12-21)14-30-20-7-4-6-18(13-20)27(34)35;/h4-13,16,30H,14-15H2,1-3H3,(H,34,35);1H4. The molecule has 0 bridgehead atoms. The van der Waals surface area contributed by atoms with Crippen LogP contribution in [0.15, 0.2) is 60.7 Å². The molecule has 0 fully saturated rings. The predicted octanol–water partition coefficient (Wildman–Crippen LogP) is 7.53. The van der Waals surface area contributed by atoms with E-state index in [1.807, 2.05) is 45.0 Å². The van der Waals surface area contributed by atoms with E-state index in [4.69, 9.17) is 27.9 Å². The Morgan fingerprint density at radius 3 is 2.43 bits per heavy atom. The summed E-state index contributed by atoms with van der Waals surface area (Å²) < 4.78 is 7.80. The molecule has 1 heterocycles. The van der Waals surface area contributed by atoms with E-state index < -0.39 is 5.97 Å². The van der Waals surface area contributed by atoms with E-state index in [9.17, 15) is 9.90 Å². The number of carbonyl (C=O) groups is 1. The molecule has 0 aliphatic carbocycles. The third-order valence-electron chi connectivity index (χ3n) is 5.77. The van der Waals surface area contributed by atoms with Crippen molar-refractivity contribution < 1.29 is 14.6 Å². The number of aryl methyl sites for hydroxylation is 1. The molecule has 0 aliphatic rings. The van der Waals surface area contributed by atoms with Gasteiger partial charge in [-0.1, -0.05) is 67.9 Å². The number of carboxylic acid groups (broad SMARTS) is 1. The first-order chi connectivity index (χ1) is 17.2. The lowest BCUT2D eigenvalue weighted by Gasteiger charge is -2.15. The van der Waals surface area contributed by atoms with Crippen molar-refractivity contribution in [2.45, 2.75) is 47.3 Å². The maximum absolute atomic E-state index is 11.2. The molecule has 0 radical (unpaired) electrons. The van der Waals surface area contributed by atoms with Crippen molar-refractivity contribution in [1.82, 2.24) is 15.0 Å². The zero-order chi connectivity index (χ0) is 25.8. The summed E-state index contributed by atoms with van der Waals surface area (Å²) >= 11 is 12.9. The molecule has 0 saturated heterocycles. The number of carboxylic acids is 1. The van der Waals surface area contributed by atoms with Crippen molar-refractivity contribution in [3.8, 4) is 11.4 Å². The van der Waals surface area contributed by atoms with Gasteiger partial charge in [0.25, 0.3) is 0 Å². The number of nitrogens with zero attached hydrogens (tertiary/aromatic N) is 3. The maximum atomic E-state index is 11.2. The Morgan fingerprint density at radius 1 is 1.08 bits per heavy atom. The minimum atomic E-state index is -0.953. The first-order valence-corrected chi connectivity index (χ1v) is 12.2. The fourth-order valence-corrected chi connectivity index (χ4v) is 4.39. The van der Waals surface area contributed by atoms with Crippen molar-refractivity contribution in [3.63, 3.8) is 0 Å². The Bertz CT molecular complexity index is 1380. The fourth-order valence-electron chi connectivity index (χ4n) is 3.84. The van der Waals surface area contributed by atoms with Crippen LogP contribution in [0.1, 0.15) is 60.1 Å². The summed E-state index contributed by atoms with van der Waals surface area (Å²) in [7, 11) is 0. The van der Waals surface area contributed by atoms with Gasteiger partial charge in [0.15, 0.2) is 0 Å². The van der Waals surface area contributed by atoms with Crippen molar-refractivity contribution in [1.29, 1.82) is 0 Å². The van der Waals surface area contributed by atoms with E-state index >= 15 is 0 Å². The average molecular weight is 541 g/mol. The van der Waals surface area contributed by atoms with Gasteiger partial charge in [0.1, 0.15) is 23.7 Å². The summed E-state index contributed by atoms with van der Waals surface area (Å²) in [5, 5.41) is 22.1. The second kappa shape index (κ2) is 12.1. The molecule has 0 aliphatic heterocycles. The molecule has 0 atom stereocenters. The number of hydrogen-bond donors (Lipinski definition) is 2. The molecule has 9 heteroatoms. The third kappa shape index (κ3) is 6.42. The molecule has 2 N–H and O–H groups in total. The van der Waals surface area contributed by atoms with Crippen LogP contribution in [-0.4, -0.2) is 26.1 Å². The lowest BCUT2D eigenvalue weighted by Crippen LogP contribution is -2.09. The largest absolute Gasteiger partial charge is 0.487 e. The Balaban J connectivity index is 0.00000380. The quantitative estimate of drug-likeness (QED) is 0.228. The Morgan fingerprint density at radius 2 is 1.78 bits per heavy atom. The fraction of sp³-hybridized carbons (Fsp3) is 0.250. The monoisotopic (exact) mass is 540 g/mol. The van der Waals surface area contributed by atoms with Crippen LogP contribution >= 0.6 is 23.2 Å². The first kappa shape index (κ1) is 28.0. The summed E-state index contributed by atoms with van der Waals surface area (Å²) in [5.74, 6) is -0.115. The average Bonchev–Trinajstić information content (AvgIpc) is 3.26. The number of rotatable bonds is 9. The van der Waals surface area contributed by atoms with Crippen LogP contribution in [0, 0.1) is 6.92 Å². The molecule has 1 aromatic heterocycles. The molecule has 4 aromatic rings. The van der Waals surface area contributed by atoms with E-state index in [1.54, 1.807) is 41.1 Å². The normalized spacial score (nSPS) is 10.8. The molecule has 194 valence electrons. The Hall–Kier alpha value is -3.55. The van der Waals surface area contributed by atoms with E-state index in [0.29, 0.717) is 28.0 Å². The summed E-state index contributed by atoms with van der Waals surface area (Å²) in [6.07, 6.45) is 0. The zero-order valence-electron chi connectivity index (χ0n) is 20.1. The number of aromatic carboxylic acids is 1. The third-order valence-corrected chi connectivity index (χ3v) is 6.38. The van der Waals surface area contributed by atoms with Crippen LogP contribution in [0.5, 0.6) is 5.75 Å². The minimum Gasteiger partial charge on any atom is -0.487 e. The van der Waals surface area contributed by atoms with Gasteiger partial charge in [-0.2, -0.15) is 0 Å². The SMILES string of the molecule is C.Cc1cc(OCc2c(C(C)C)nnn2-c2c(Cl)cccc2Cl)ccc1CNc1cccc(C(=O)O)c1. The Labute approximate surface area is 227 Å². The first-order valence-electron chi connectivity index (χ1n) is 11.4. The second-order valence-electron chi connectivity index (χ2n) is 8.67. The molecule has 37 heavy (non-hydrogen) atoms. The van der Waals surface area contributed by atoms with Crippen LogP contribution < -0.4 is 10.1 Å². The Kier molecular flexibility index (Phi) is 9.18. The molecule has 3 aromatic carbocycles. The number of nitrogens with one attached hydrogen (secondary N) is 1. The van der Waals surface area contributed by atoms with Gasteiger partial charge in [-0.05, 0) is 66.4 Å². The molecule has 0 spiro atoms. The van der Waals surface area contributed by atoms with E-state index in [1.165, 1.54) is 0 Å². The number of hydrogen-bond acceptors (Lipinski definition) is 5. The number of benzene rings is 3. The molecular weight excluding hydrogens is 511 g/mol. The maximum Gasteiger partial charge on any atom is 0.335 e. The van der Waals surface area contributed by atoms with Crippen molar-refractivity contribution in [2.24, 2.45) is 0 Å². The van der Waals surface area contributed by atoms with E-state index in [2.05, 4.69) is 15.6 Å². The smallest absolute Gasteiger partial charge is 0.335 e. The number of ether oxygens (including phenoxy) is 1. The summed E-state index contributed by atoms with van der Waals surface area (Å²) in [6.45, 7) is 6.89. The topological polar surface area (TPSA) is 89.3 Å². The molecular formula is C28H30Cl2N4O3. The highest BCUT2D eigenvalue weighted by Gasteiger charge is 2.21. The van der Waals surface area contributed by atoms with Crippen molar-refractivity contribution in [3.05, 3.63) is 98.8 Å². The number of para-hydroxylation sites is 1. The highest BCUT2D eigenvalue weighted by atomic mass is 35.5. The van der Waals surface area contributed by atoms with Gasteiger partial charge in [0.2, 0.25) is 0 Å². The highest BCUT2D eigenvalue weighted by molar-refractivity contribution is 6.37. The summed E-state index contributed by atoms with van der Waals surface area (Å²) in [4.78, 5) is 11.2. The lowest BCUT2D eigenvalue weighted by molar-refractivity contribution is 0.0697. The van der Waals surface area contributed by atoms with E-state index in [0.717, 1.165) is 28.2 Å². The van der Waals surface area contributed by atoms with Crippen LogP contribution in [0.3, 0.4) is 0 Å². The number of anilines is 1. The lowest BCUT2D eigenvalue weighted by atomic mass is 10.1. The van der Waals surface area contributed by atoms with Crippen LogP contribution in [0.2, 0.25) is 10.0 Å². The molecule has 0 amide bonds. The van der Waals surface area contributed by atoms with Crippen LogP contribution in [-0.2, 0) is 13.2 Å². The highest BCUT2D eigenvalue weighted by Crippen LogP contribution is 2.31. The van der Waals surface area contributed by atoms with Crippen LogP contribution in [0.4, 0.5) is 5.69 Å². The van der Waals surface area contributed by atoms with Gasteiger partial charge in [0.05, 0.1) is 21.3 Å². The predicted molar refractivity (Wildman–Crippen MR) is 148 cm³/mol. The number of aromatic nitrogens is 3. The molecule has 4 rings (SSSR count). The van der Waals surface area contributed by atoms with E-state index in [-0.39, 0.29) is 25.5 Å². The molecule has 0 saturated carbocycles. The van der Waals surface area contributed by atoms with Crippen LogP contribution in [0.25, 0.3) is 5.69 Å². The van der Waals surface area contributed by atoms with Gasteiger partial charge in [-0.25, -0.2) is 9.48 Å². The summed E-state index contributed by atoms with van der Waals surface area (Å²) in [5.41, 5.74) is 5.26. The number of halogens is 2. The van der Waals surface area contributed by atoms with Gasteiger partial charge in [-0.15, -0.1) is 5.10 Å². The minimum absolute atomic E-state index is 0. The zero-order valence-corrected chi connectivity index (χ0v) is 21.6. The van der Waals surface area contributed by atoms with Crippen molar-refractivity contribution >= 4 is 34.9 Å². The molecule has 7 nitrogen and oxygen atoms in total. The van der Waals surface area contributed by atoms with Gasteiger partial charge in [-0.3, -0.25) is 0 Å².